The van der Waals surface area contributed by atoms with Gasteiger partial charge in [0.05, 0.1) is 6.42 Å². The van der Waals surface area contributed by atoms with E-state index >= 15 is 0 Å². The third-order valence-corrected chi connectivity index (χ3v) is 3.41. The molecule has 8 heteroatoms. The fraction of sp³-hybridized carbons (Fsp3) is 0.556. The predicted molar refractivity (Wildman–Crippen MR) is 41.5 cm³/mol. The van der Waals surface area contributed by atoms with E-state index in [-0.39, 0.29) is 0 Å². The first-order chi connectivity index (χ1) is 7.81. The number of carbonyl (C=O) groups excluding carboxylic acids is 4. The molecule has 0 amide bonds. The van der Waals surface area contributed by atoms with Crippen molar-refractivity contribution in [3.63, 3.8) is 0 Å². The first-order valence-electron chi connectivity index (χ1n) is 4.70. The van der Waals surface area contributed by atoms with Gasteiger partial charge in [-0.2, -0.15) is 0 Å². The Morgan fingerprint density at radius 1 is 1.00 bits per heavy atom. The molecule has 0 N–H and O–H groups in total. The van der Waals surface area contributed by atoms with Gasteiger partial charge in [0.2, 0.25) is 5.67 Å². The number of ether oxygens (including phenoxy) is 2. The maximum absolute atomic E-state index is 14.3. The number of fused-ring (bicyclic) bond motifs is 4. The van der Waals surface area contributed by atoms with Gasteiger partial charge in [0.25, 0.3) is 0 Å². The predicted octanol–water partition coefficient (Wildman–Crippen LogP) is -0.794. The van der Waals surface area contributed by atoms with Gasteiger partial charge in [-0.3, -0.25) is 14.4 Å². The Balaban J connectivity index is 2.12. The van der Waals surface area contributed by atoms with Crippen molar-refractivity contribution < 1.29 is 37.4 Å². The van der Waals surface area contributed by atoms with E-state index in [1.165, 1.54) is 0 Å². The molecular formula is C9H4F2O6. The van der Waals surface area contributed by atoms with E-state index < -0.39 is 53.5 Å². The molecule has 17 heavy (non-hydrogen) atoms. The largest absolute Gasteiger partial charge is 0.393 e. The quantitative estimate of drug-likeness (QED) is 0.411. The van der Waals surface area contributed by atoms with Crippen LogP contribution in [0.15, 0.2) is 0 Å². The summed E-state index contributed by atoms with van der Waals surface area (Å²) < 4.78 is 36.5. The Bertz CT molecular complexity index is 502. The van der Waals surface area contributed by atoms with Gasteiger partial charge in [-0.1, -0.05) is 0 Å². The van der Waals surface area contributed by atoms with Crippen LogP contribution in [0, 0.1) is 11.8 Å². The third kappa shape index (κ3) is 0.863. The zero-order valence-corrected chi connectivity index (χ0v) is 8.07. The summed E-state index contributed by atoms with van der Waals surface area (Å²) in [6.07, 6.45) is -0.942. The van der Waals surface area contributed by atoms with Gasteiger partial charge < -0.3 is 9.47 Å². The van der Waals surface area contributed by atoms with Crippen molar-refractivity contribution in [1.29, 1.82) is 0 Å². The van der Waals surface area contributed by atoms with E-state index in [4.69, 9.17) is 0 Å². The van der Waals surface area contributed by atoms with Crippen molar-refractivity contribution in [2.75, 3.05) is 0 Å². The molecular weight excluding hydrogens is 242 g/mol. The number of cyclic esters (lactones) is 4. The smallest absolute Gasteiger partial charge is 0.353 e. The Kier molecular flexibility index (Phi) is 1.53. The molecule has 0 radical (unpaired) electrons. The fourth-order valence-electron chi connectivity index (χ4n) is 2.77. The number of hydrogen-bond acceptors (Lipinski definition) is 6. The standard InChI is InChI=1S/C9H4F2O6/c10-8-1-2(12)16-5(13)3(8)9(11)4(8)6(14)17-7(9)15/h3-4H,1H2. The highest BCUT2D eigenvalue weighted by molar-refractivity contribution is 6.10. The number of alkyl halides is 2. The van der Waals surface area contributed by atoms with E-state index in [0.717, 1.165) is 0 Å². The van der Waals surface area contributed by atoms with Crippen molar-refractivity contribution in [1.82, 2.24) is 0 Å². The van der Waals surface area contributed by atoms with Crippen molar-refractivity contribution >= 4 is 23.9 Å². The van der Waals surface area contributed by atoms with Crippen LogP contribution in [-0.4, -0.2) is 35.2 Å². The first-order valence-corrected chi connectivity index (χ1v) is 4.70. The van der Waals surface area contributed by atoms with Crippen molar-refractivity contribution in [2.24, 2.45) is 11.8 Å². The summed E-state index contributed by atoms with van der Waals surface area (Å²) in [7, 11) is 0. The van der Waals surface area contributed by atoms with Gasteiger partial charge in [0, 0.05) is 0 Å². The van der Waals surface area contributed by atoms with Gasteiger partial charge in [-0.05, 0) is 0 Å². The summed E-state index contributed by atoms with van der Waals surface area (Å²) in [5, 5.41) is 0. The molecule has 1 saturated carbocycles. The van der Waals surface area contributed by atoms with Crippen LogP contribution >= 0.6 is 0 Å². The van der Waals surface area contributed by atoms with E-state index in [9.17, 15) is 28.0 Å². The maximum Gasteiger partial charge on any atom is 0.353 e. The molecule has 0 aromatic rings. The zero-order valence-electron chi connectivity index (χ0n) is 8.07. The molecule has 0 bridgehead atoms. The molecule has 6 nitrogen and oxygen atoms in total. The highest BCUT2D eigenvalue weighted by Gasteiger charge is 2.88. The lowest BCUT2D eigenvalue weighted by molar-refractivity contribution is -0.232. The second kappa shape index (κ2) is 2.52. The fourth-order valence-corrected chi connectivity index (χ4v) is 2.77. The summed E-state index contributed by atoms with van der Waals surface area (Å²) >= 11 is 0. The second-order valence-corrected chi connectivity index (χ2v) is 4.24. The van der Waals surface area contributed by atoms with Gasteiger partial charge in [-0.25, -0.2) is 13.6 Å². The van der Waals surface area contributed by atoms with E-state index in [1.807, 2.05) is 0 Å². The summed E-state index contributed by atoms with van der Waals surface area (Å²) in [6.45, 7) is 0. The summed E-state index contributed by atoms with van der Waals surface area (Å²) in [5.41, 5.74) is -5.76. The van der Waals surface area contributed by atoms with Gasteiger partial charge in [-0.15, -0.1) is 0 Å². The van der Waals surface area contributed by atoms with Crippen LogP contribution in [0.25, 0.3) is 0 Å². The van der Waals surface area contributed by atoms with Gasteiger partial charge >= 0.3 is 23.9 Å². The minimum absolute atomic E-state index is 0.942. The third-order valence-electron chi connectivity index (χ3n) is 3.41. The Hall–Kier alpha value is -1.86. The molecule has 90 valence electrons. The Labute approximate surface area is 91.8 Å². The Morgan fingerprint density at radius 3 is 2.12 bits per heavy atom. The lowest BCUT2D eigenvalue weighted by Crippen LogP contribution is -2.76. The molecule has 3 rings (SSSR count). The minimum Gasteiger partial charge on any atom is -0.393 e. The van der Waals surface area contributed by atoms with E-state index in [0.29, 0.717) is 0 Å². The molecule has 2 saturated heterocycles. The normalized spacial score (nSPS) is 47.9. The monoisotopic (exact) mass is 246 g/mol. The van der Waals surface area contributed by atoms with Crippen LogP contribution in [0.4, 0.5) is 8.78 Å². The SMILES string of the molecule is O=C1CC2(F)C(C(=O)O1)C1(F)C(=O)OC(=O)C21. The summed E-state index contributed by atoms with van der Waals surface area (Å²) in [4.78, 5) is 44.4. The highest BCUT2D eigenvalue weighted by Crippen LogP contribution is 2.64. The highest BCUT2D eigenvalue weighted by atomic mass is 19.2. The summed E-state index contributed by atoms with van der Waals surface area (Å²) in [5.74, 6) is -9.81. The van der Waals surface area contributed by atoms with E-state index in [1.54, 1.807) is 0 Å². The van der Waals surface area contributed by atoms with Crippen LogP contribution in [0.3, 0.4) is 0 Å². The van der Waals surface area contributed by atoms with Crippen LogP contribution in [0.5, 0.6) is 0 Å². The minimum atomic E-state index is -3.04. The molecule has 3 aliphatic rings. The number of rotatable bonds is 0. The summed E-state index contributed by atoms with van der Waals surface area (Å²) in [6, 6.07) is 0. The number of hydrogen-bond donors (Lipinski definition) is 0. The van der Waals surface area contributed by atoms with Crippen molar-refractivity contribution in [3.8, 4) is 0 Å². The lowest BCUT2D eigenvalue weighted by Gasteiger charge is -2.52. The molecule has 3 fully saturated rings. The maximum atomic E-state index is 14.3. The van der Waals surface area contributed by atoms with E-state index in [2.05, 4.69) is 9.47 Å². The average molecular weight is 246 g/mol. The number of carbonyl (C=O) groups is 4. The number of halogens is 2. The van der Waals surface area contributed by atoms with Gasteiger partial charge in [0.1, 0.15) is 11.8 Å². The molecule has 1 aliphatic carbocycles. The molecule has 0 aromatic carbocycles. The molecule has 2 aliphatic heterocycles. The molecule has 4 unspecified atom stereocenters. The van der Waals surface area contributed by atoms with Crippen molar-refractivity contribution in [2.45, 2.75) is 17.8 Å². The topological polar surface area (TPSA) is 86.7 Å². The average Bonchev–Trinajstić information content (AvgIpc) is 2.32. The van der Waals surface area contributed by atoms with Crippen LogP contribution in [0.1, 0.15) is 6.42 Å². The van der Waals surface area contributed by atoms with Crippen LogP contribution in [0.2, 0.25) is 0 Å². The van der Waals surface area contributed by atoms with Crippen LogP contribution < -0.4 is 0 Å². The number of esters is 4. The molecule has 0 spiro atoms. The van der Waals surface area contributed by atoms with Crippen LogP contribution in [-0.2, 0) is 28.7 Å². The Morgan fingerprint density at radius 2 is 1.53 bits per heavy atom. The van der Waals surface area contributed by atoms with Crippen molar-refractivity contribution in [3.05, 3.63) is 0 Å². The molecule has 0 aromatic heterocycles. The second-order valence-electron chi connectivity index (χ2n) is 4.24. The molecule has 2 heterocycles. The lowest BCUT2D eigenvalue weighted by atomic mass is 9.51. The van der Waals surface area contributed by atoms with Gasteiger partial charge in [0.15, 0.2) is 5.67 Å². The zero-order chi connectivity index (χ0) is 12.6. The first kappa shape index (κ1) is 10.3. The molecule has 4 atom stereocenters.